The lowest BCUT2D eigenvalue weighted by Crippen LogP contribution is -2.35. The number of hydroxylamine groups is 1. The van der Waals surface area contributed by atoms with E-state index in [0.29, 0.717) is 12.1 Å². The topological polar surface area (TPSA) is 93.5 Å². The number of hydrogen-bond donors (Lipinski definition) is 1. The summed E-state index contributed by atoms with van der Waals surface area (Å²) in [6, 6.07) is 5.58. The Morgan fingerprint density at radius 2 is 2.04 bits per heavy atom. The van der Waals surface area contributed by atoms with Crippen LogP contribution in [-0.2, 0) is 21.4 Å². The van der Waals surface area contributed by atoms with Gasteiger partial charge in [-0.25, -0.2) is 13.4 Å². The van der Waals surface area contributed by atoms with Crippen molar-refractivity contribution in [1.82, 2.24) is 19.3 Å². The summed E-state index contributed by atoms with van der Waals surface area (Å²) in [5.41, 5.74) is 0.381. The van der Waals surface area contributed by atoms with Crippen LogP contribution in [0.5, 0.6) is 0 Å². The Bertz CT molecular complexity index is 772. The Balaban J connectivity index is 2.03. The molecule has 0 aliphatic rings. The van der Waals surface area contributed by atoms with Crippen LogP contribution in [-0.4, -0.2) is 48.5 Å². The number of nitrogens with one attached hydrogen (secondary N) is 1. The molecule has 0 saturated carbocycles. The summed E-state index contributed by atoms with van der Waals surface area (Å²) in [7, 11) is -1.16. The smallest absolute Gasteiger partial charge is 0.264 e. The molecule has 0 saturated heterocycles. The van der Waals surface area contributed by atoms with Gasteiger partial charge in [0.25, 0.3) is 15.9 Å². The standard InChI is InChI=1S/C15H20N4O4S/c1-12(10-19-9-8-16-11-19)17-15(20)13-4-6-14(7-5-13)24(21,22)18(2)23-3/h4-9,11-12H,10H2,1-3H3,(H,17,20)/t12-/m1/s1. The molecule has 0 bridgehead atoms. The fraction of sp³-hybridized carbons (Fsp3) is 0.333. The average Bonchev–Trinajstić information content (AvgIpc) is 3.06. The zero-order valence-corrected chi connectivity index (χ0v) is 14.5. The molecule has 8 nitrogen and oxygen atoms in total. The summed E-state index contributed by atoms with van der Waals surface area (Å²) >= 11 is 0. The summed E-state index contributed by atoms with van der Waals surface area (Å²) in [5.74, 6) is -0.272. The van der Waals surface area contributed by atoms with Crippen LogP contribution in [0.3, 0.4) is 0 Å². The van der Waals surface area contributed by atoms with Gasteiger partial charge in [-0.15, -0.1) is 0 Å². The van der Waals surface area contributed by atoms with Crippen molar-refractivity contribution in [2.75, 3.05) is 14.2 Å². The van der Waals surface area contributed by atoms with Gasteiger partial charge >= 0.3 is 0 Å². The number of carbonyl (C=O) groups excluding carboxylic acids is 1. The molecule has 1 aromatic carbocycles. The van der Waals surface area contributed by atoms with E-state index in [2.05, 4.69) is 10.3 Å². The number of hydrogen-bond acceptors (Lipinski definition) is 5. The van der Waals surface area contributed by atoms with E-state index in [9.17, 15) is 13.2 Å². The Morgan fingerprint density at radius 1 is 1.38 bits per heavy atom. The van der Waals surface area contributed by atoms with E-state index in [0.717, 1.165) is 4.47 Å². The molecule has 9 heteroatoms. The lowest BCUT2D eigenvalue weighted by Gasteiger charge is -2.16. The van der Waals surface area contributed by atoms with Crippen molar-refractivity contribution >= 4 is 15.9 Å². The van der Waals surface area contributed by atoms with Gasteiger partial charge in [-0.05, 0) is 31.2 Å². The second kappa shape index (κ2) is 7.56. The zero-order chi connectivity index (χ0) is 17.7. The summed E-state index contributed by atoms with van der Waals surface area (Å²) in [6.07, 6.45) is 5.16. The Labute approximate surface area is 141 Å². The van der Waals surface area contributed by atoms with E-state index in [1.807, 2.05) is 17.7 Å². The highest BCUT2D eigenvalue weighted by atomic mass is 32.2. The van der Waals surface area contributed by atoms with E-state index in [4.69, 9.17) is 4.84 Å². The minimum Gasteiger partial charge on any atom is -0.348 e. The molecular weight excluding hydrogens is 332 g/mol. The predicted molar refractivity (Wildman–Crippen MR) is 87.6 cm³/mol. The third kappa shape index (κ3) is 4.19. The first-order chi connectivity index (χ1) is 11.3. The molecule has 1 amide bonds. The fourth-order valence-electron chi connectivity index (χ4n) is 2.09. The van der Waals surface area contributed by atoms with Crippen molar-refractivity contribution in [1.29, 1.82) is 0 Å². The molecule has 1 aromatic heterocycles. The Hall–Kier alpha value is -2.23. The first kappa shape index (κ1) is 18.1. The van der Waals surface area contributed by atoms with Gasteiger partial charge in [0.2, 0.25) is 0 Å². The lowest BCUT2D eigenvalue weighted by molar-refractivity contribution is -0.0258. The van der Waals surface area contributed by atoms with E-state index in [-0.39, 0.29) is 16.8 Å². The van der Waals surface area contributed by atoms with Crippen LogP contribution in [0.25, 0.3) is 0 Å². The van der Waals surface area contributed by atoms with E-state index in [1.165, 1.54) is 38.4 Å². The molecule has 130 valence electrons. The summed E-state index contributed by atoms with van der Waals surface area (Å²) in [4.78, 5) is 20.9. The second-order valence-corrected chi connectivity index (χ2v) is 7.19. The largest absolute Gasteiger partial charge is 0.348 e. The van der Waals surface area contributed by atoms with E-state index in [1.54, 1.807) is 12.5 Å². The number of amides is 1. The molecule has 0 spiro atoms. The number of aromatic nitrogens is 2. The maximum absolute atomic E-state index is 12.2. The summed E-state index contributed by atoms with van der Waals surface area (Å²) in [5, 5.41) is 2.85. The molecule has 1 atom stereocenters. The molecule has 1 heterocycles. The number of nitrogens with zero attached hydrogens (tertiary/aromatic N) is 3. The number of carbonyl (C=O) groups is 1. The Kier molecular flexibility index (Phi) is 5.71. The van der Waals surface area contributed by atoms with Gasteiger partial charge in [0.1, 0.15) is 0 Å². The van der Waals surface area contributed by atoms with Gasteiger partial charge < -0.3 is 9.88 Å². The second-order valence-electron chi connectivity index (χ2n) is 5.26. The van der Waals surface area contributed by atoms with Crippen LogP contribution in [0, 0.1) is 0 Å². The van der Waals surface area contributed by atoms with Crippen LogP contribution in [0.1, 0.15) is 17.3 Å². The van der Waals surface area contributed by atoms with Gasteiger partial charge in [0.05, 0.1) is 18.3 Å². The lowest BCUT2D eigenvalue weighted by atomic mass is 10.2. The van der Waals surface area contributed by atoms with E-state index >= 15 is 0 Å². The quantitative estimate of drug-likeness (QED) is 0.747. The van der Waals surface area contributed by atoms with Crippen molar-refractivity contribution in [3.8, 4) is 0 Å². The maximum atomic E-state index is 12.2. The number of sulfonamides is 1. The molecule has 0 fully saturated rings. The van der Waals surface area contributed by atoms with Gasteiger partial charge in [0, 0.05) is 37.6 Å². The van der Waals surface area contributed by atoms with E-state index < -0.39 is 10.0 Å². The minimum atomic E-state index is -3.72. The van der Waals surface area contributed by atoms with Gasteiger partial charge in [0.15, 0.2) is 0 Å². The molecule has 0 aliphatic heterocycles. The van der Waals surface area contributed by atoms with Crippen LogP contribution in [0.2, 0.25) is 0 Å². The summed E-state index contributed by atoms with van der Waals surface area (Å²) < 4.78 is 26.8. The zero-order valence-electron chi connectivity index (χ0n) is 13.7. The SMILES string of the molecule is CON(C)S(=O)(=O)c1ccc(C(=O)N[C@H](C)Cn2ccnc2)cc1. The highest BCUT2D eigenvalue weighted by Gasteiger charge is 2.21. The predicted octanol–water partition coefficient (Wildman–Crippen LogP) is 0.883. The molecule has 0 unspecified atom stereocenters. The number of benzene rings is 1. The average molecular weight is 352 g/mol. The maximum Gasteiger partial charge on any atom is 0.264 e. The van der Waals surface area contributed by atoms with Gasteiger partial charge in [-0.2, -0.15) is 0 Å². The molecule has 24 heavy (non-hydrogen) atoms. The number of imidazole rings is 1. The van der Waals surface area contributed by atoms with Gasteiger partial charge in [-0.3, -0.25) is 9.63 Å². The van der Waals surface area contributed by atoms with Crippen LogP contribution in [0.15, 0.2) is 47.9 Å². The summed E-state index contributed by atoms with van der Waals surface area (Å²) in [6.45, 7) is 2.47. The molecule has 2 rings (SSSR count). The number of rotatable bonds is 7. The first-order valence-electron chi connectivity index (χ1n) is 7.24. The highest BCUT2D eigenvalue weighted by molar-refractivity contribution is 7.89. The molecular formula is C15H20N4O4S. The van der Waals surface area contributed by atoms with Crippen LogP contribution >= 0.6 is 0 Å². The molecule has 0 aliphatic carbocycles. The van der Waals surface area contributed by atoms with Gasteiger partial charge in [-0.1, -0.05) is 4.47 Å². The molecule has 2 aromatic rings. The third-order valence-electron chi connectivity index (χ3n) is 3.43. The van der Waals surface area contributed by atoms with Crippen molar-refractivity contribution in [3.05, 3.63) is 48.5 Å². The van der Waals surface area contributed by atoms with Crippen molar-refractivity contribution < 1.29 is 18.0 Å². The van der Waals surface area contributed by atoms with Crippen molar-refractivity contribution in [2.24, 2.45) is 0 Å². The van der Waals surface area contributed by atoms with Crippen molar-refractivity contribution in [3.63, 3.8) is 0 Å². The first-order valence-corrected chi connectivity index (χ1v) is 8.68. The minimum absolute atomic E-state index is 0.0508. The molecule has 1 N–H and O–H groups in total. The normalized spacial score (nSPS) is 13.0. The monoisotopic (exact) mass is 352 g/mol. The molecule has 0 radical (unpaired) electrons. The highest BCUT2D eigenvalue weighted by Crippen LogP contribution is 2.15. The third-order valence-corrected chi connectivity index (χ3v) is 5.13. The Morgan fingerprint density at radius 3 is 2.58 bits per heavy atom. The van der Waals surface area contributed by atoms with Crippen molar-refractivity contribution in [2.45, 2.75) is 24.4 Å². The van der Waals surface area contributed by atoms with Crippen LogP contribution in [0.4, 0.5) is 0 Å². The fourth-order valence-corrected chi connectivity index (χ4v) is 3.06. The van der Waals surface area contributed by atoms with Crippen LogP contribution < -0.4 is 5.32 Å².